The minimum absolute atomic E-state index is 0.0346. The molecule has 1 saturated carbocycles. The fourth-order valence-corrected chi connectivity index (χ4v) is 2.71. The van der Waals surface area contributed by atoms with Crippen molar-refractivity contribution in [1.29, 1.82) is 0 Å². The third kappa shape index (κ3) is 4.84. The molecule has 1 fully saturated rings. The molecule has 0 radical (unpaired) electrons. The van der Waals surface area contributed by atoms with Crippen LogP contribution in [0.5, 0.6) is 0 Å². The Balaban J connectivity index is 2.03. The van der Waals surface area contributed by atoms with Gasteiger partial charge in [-0.25, -0.2) is 0 Å². The fourth-order valence-electron chi connectivity index (χ4n) is 2.32. The first-order chi connectivity index (χ1) is 10.7. The van der Waals surface area contributed by atoms with Crippen molar-refractivity contribution in [1.82, 2.24) is 20.0 Å². The lowest BCUT2D eigenvalue weighted by Gasteiger charge is -2.11. The lowest BCUT2D eigenvalue weighted by Crippen LogP contribution is -2.31. The van der Waals surface area contributed by atoms with Gasteiger partial charge in [0.05, 0.1) is 10.7 Å². The van der Waals surface area contributed by atoms with Crippen LogP contribution < -0.4 is 5.32 Å². The van der Waals surface area contributed by atoms with Crippen molar-refractivity contribution in [3.63, 3.8) is 0 Å². The summed E-state index contributed by atoms with van der Waals surface area (Å²) in [5.74, 6) is -0.397. The van der Waals surface area contributed by atoms with Crippen molar-refractivity contribution >= 4 is 17.5 Å². The maximum Gasteiger partial charge on any atom is 0.436 e. The molecule has 23 heavy (non-hydrogen) atoms. The molecule has 1 aliphatic carbocycles. The molecule has 0 atom stereocenters. The summed E-state index contributed by atoms with van der Waals surface area (Å²) >= 11 is 5.85. The second-order valence-corrected chi connectivity index (χ2v) is 6.36. The molecule has 1 heterocycles. The molecule has 0 spiro atoms. The summed E-state index contributed by atoms with van der Waals surface area (Å²) in [5, 5.41) is 5.84. The molecule has 0 aromatic carbocycles. The van der Waals surface area contributed by atoms with Crippen LogP contribution in [0.2, 0.25) is 5.02 Å². The van der Waals surface area contributed by atoms with E-state index in [4.69, 9.17) is 11.6 Å². The first-order valence-electron chi connectivity index (χ1n) is 7.45. The summed E-state index contributed by atoms with van der Waals surface area (Å²) in [5.41, 5.74) is -0.788. The number of hydrogen-bond donors (Lipinski definition) is 1. The van der Waals surface area contributed by atoms with Gasteiger partial charge in [0.2, 0.25) is 5.91 Å². The molecule has 0 aliphatic heterocycles. The number of carbonyl (C=O) groups is 1. The first kappa shape index (κ1) is 18.1. The molecule has 130 valence electrons. The number of carbonyl (C=O) groups excluding carboxylic acids is 1. The van der Waals surface area contributed by atoms with Gasteiger partial charge >= 0.3 is 6.18 Å². The number of hydrogen-bond acceptors (Lipinski definition) is 3. The van der Waals surface area contributed by atoms with Crippen molar-refractivity contribution in [2.75, 3.05) is 27.2 Å². The van der Waals surface area contributed by atoms with E-state index in [1.165, 1.54) is 0 Å². The van der Waals surface area contributed by atoms with E-state index in [0.29, 0.717) is 12.2 Å². The van der Waals surface area contributed by atoms with E-state index in [0.717, 1.165) is 30.5 Å². The van der Waals surface area contributed by atoms with Crippen LogP contribution in [0.1, 0.15) is 36.6 Å². The van der Waals surface area contributed by atoms with Crippen LogP contribution in [0.3, 0.4) is 0 Å². The maximum atomic E-state index is 12.9. The van der Waals surface area contributed by atoms with Crippen molar-refractivity contribution in [2.45, 2.75) is 37.9 Å². The van der Waals surface area contributed by atoms with Crippen LogP contribution in [0, 0.1) is 0 Å². The van der Waals surface area contributed by atoms with Gasteiger partial charge in [-0.2, -0.15) is 18.3 Å². The van der Waals surface area contributed by atoms with E-state index in [9.17, 15) is 18.0 Å². The van der Waals surface area contributed by atoms with Gasteiger partial charge < -0.3 is 10.2 Å². The number of nitrogens with one attached hydrogen (secondary N) is 1. The zero-order valence-electron chi connectivity index (χ0n) is 13.1. The quantitative estimate of drug-likeness (QED) is 0.767. The number of rotatable bonds is 7. The van der Waals surface area contributed by atoms with Gasteiger partial charge in [0.1, 0.15) is 6.54 Å². The third-order valence-corrected chi connectivity index (χ3v) is 3.93. The van der Waals surface area contributed by atoms with Crippen LogP contribution in [-0.2, 0) is 17.5 Å². The van der Waals surface area contributed by atoms with Gasteiger partial charge in [-0.05, 0) is 39.9 Å². The smallest absolute Gasteiger partial charge is 0.354 e. The second-order valence-electron chi connectivity index (χ2n) is 5.98. The van der Waals surface area contributed by atoms with E-state index in [2.05, 4.69) is 10.4 Å². The van der Waals surface area contributed by atoms with Crippen LogP contribution in [-0.4, -0.2) is 47.8 Å². The van der Waals surface area contributed by atoms with Crippen LogP contribution in [0.15, 0.2) is 0 Å². The normalized spacial score (nSPS) is 15.3. The zero-order chi connectivity index (χ0) is 17.2. The standard InChI is InChI=1S/C14H20ClF3N4O/c1-21(2)7-3-6-19-10(23)8-22-12(9-4-5-9)11(15)13(20-22)14(16,17)18/h9H,3-8H2,1-2H3,(H,19,23). The van der Waals surface area contributed by atoms with Gasteiger partial charge in [0, 0.05) is 12.5 Å². The predicted molar refractivity (Wildman–Crippen MR) is 80.4 cm³/mol. The molecule has 1 amide bonds. The summed E-state index contributed by atoms with van der Waals surface area (Å²) < 4.78 is 39.9. The number of alkyl halides is 3. The largest absolute Gasteiger partial charge is 0.436 e. The molecule has 0 unspecified atom stereocenters. The summed E-state index contributed by atoms with van der Waals surface area (Å²) in [6, 6.07) is 0. The zero-order valence-corrected chi connectivity index (χ0v) is 13.8. The summed E-state index contributed by atoms with van der Waals surface area (Å²) in [7, 11) is 3.85. The van der Waals surface area contributed by atoms with Crippen LogP contribution in [0.25, 0.3) is 0 Å². The number of amides is 1. The number of halogens is 4. The fraction of sp³-hybridized carbons (Fsp3) is 0.714. The van der Waals surface area contributed by atoms with Gasteiger partial charge in [-0.15, -0.1) is 0 Å². The molecule has 0 bridgehead atoms. The highest BCUT2D eigenvalue weighted by molar-refractivity contribution is 6.32. The summed E-state index contributed by atoms with van der Waals surface area (Å²) in [6.45, 7) is 1.04. The monoisotopic (exact) mass is 352 g/mol. The first-order valence-corrected chi connectivity index (χ1v) is 7.82. The third-order valence-electron chi connectivity index (χ3n) is 3.56. The molecular formula is C14H20ClF3N4O. The topological polar surface area (TPSA) is 50.2 Å². The van der Waals surface area contributed by atoms with Crippen molar-refractivity contribution in [2.24, 2.45) is 0 Å². The van der Waals surface area contributed by atoms with E-state index < -0.39 is 11.9 Å². The van der Waals surface area contributed by atoms with Gasteiger partial charge in [-0.3, -0.25) is 9.48 Å². The molecule has 1 N–H and O–H groups in total. The Morgan fingerprint density at radius 1 is 1.43 bits per heavy atom. The van der Waals surface area contributed by atoms with Gasteiger partial charge in [0.15, 0.2) is 5.69 Å². The van der Waals surface area contributed by atoms with E-state index in [-0.39, 0.29) is 23.4 Å². The van der Waals surface area contributed by atoms with Gasteiger partial charge in [0.25, 0.3) is 0 Å². The minimum Gasteiger partial charge on any atom is -0.354 e. The molecule has 1 aromatic rings. The Bertz CT molecular complexity index is 567. The Morgan fingerprint density at radius 3 is 2.61 bits per heavy atom. The predicted octanol–water partition coefficient (Wildman–Crippen LogP) is 2.50. The molecule has 2 rings (SSSR count). The molecule has 9 heteroatoms. The second kappa shape index (κ2) is 7.09. The average Bonchev–Trinajstić information content (AvgIpc) is 3.19. The number of aromatic nitrogens is 2. The molecular weight excluding hydrogens is 333 g/mol. The van der Waals surface area contributed by atoms with Crippen molar-refractivity contribution in [3.8, 4) is 0 Å². The van der Waals surface area contributed by atoms with Crippen molar-refractivity contribution in [3.05, 3.63) is 16.4 Å². The Labute approximate surface area is 137 Å². The summed E-state index contributed by atoms with van der Waals surface area (Å²) in [4.78, 5) is 13.9. The highest BCUT2D eigenvalue weighted by atomic mass is 35.5. The SMILES string of the molecule is CN(C)CCCNC(=O)Cn1nc(C(F)(F)F)c(Cl)c1C1CC1. The Hall–Kier alpha value is -1.28. The van der Waals surface area contributed by atoms with Crippen molar-refractivity contribution < 1.29 is 18.0 Å². The molecule has 0 saturated heterocycles. The highest BCUT2D eigenvalue weighted by Gasteiger charge is 2.42. The lowest BCUT2D eigenvalue weighted by molar-refractivity contribution is -0.141. The molecule has 5 nitrogen and oxygen atoms in total. The maximum absolute atomic E-state index is 12.9. The van der Waals surface area contributed by atoms with E-state index in [1.54, 1.807) is 0 Å². The van der Waals surface area contributed by atoms with Crippen LogP contribution >= 0.6 is 11.6 Å². The van der Waals surface area contributed by atoms with Gasteiger partial charge in [-0.1, -0.05) is 11.6 Å². The highest BCUT2D eigenvalue weighted by Crippen LogP contribution is 2.46. The minimum atomic E-state index is -4.62. The van der Waals surface area contributed by atoms with E-state index in [1.807, 2.05) is 19.0 Å². The Morgan fingerprint density at radius 2 is 2.09 bits per heavy atom. The number of nitrogens with zero attached hydrogens (tertiary/aromatic N) is 3. The molecule has 1 aromatic heterocycles. The lowest BCUT2D eigenvalue weighted by atomic mass is 10.2. The molecule has 1 aliphatic rings. The Kier molecular flexibility index (Phi) is 5.57. The average molecular weight is 353 g/mol. The van der Waals surface area contributed by atoms with Crippen LogP contribution in [0.4, 0.5) is 13.2 Å². The van der Waals surface area contributed by atoms with E-state index >= 15 is 0 Å². The summed E-state index contributed by atoms with van der Waals surface area (Å²) in [6.07, 6.45) is -2.31.